The number of rotatable bonds is 1. The number of thiazole rings is 2. The molecule has 0 aliphatic carbocycles. The molecule has 0 radical (unpaired) electrons. The van der Waals surface area contributed by atoms with E-state index in [-0.39, 0.29) is 40.8 Å². The van der Waals surface area contributed by atoms with Crippen molar-refractivity contribution in [3.63, 3.8) is 0 Å². The van der Waals surface area contributed by atoms with Crippen molar-refractivity contribution in [2.24, 2.45) is 5.92 Å². The molecule has 10 nitrogen and oxygen atoms in total. The van der Waals surface area contributed by atoms with E-state index in [1.54, 1.807) is 31.5 Å². The third-order valence-electron chi connectivity index (χ3n) is 5.19. The predicted molar refractivity (Wildman–Crippen MR) is 122 cm³/mol. The van der Waals surface area contributed by atoms with Gasteiger partial charge in [0.25, 0.3) is 17.7 Å². The fraction of sp³-hybridized carbons (Fsp3) is 0.429. The van der Waals surface area contributed by atoms with E-state index in [0.717, 1.165) is 0 Å². The molecule has 3 aromatic heterocycles. The van der Waals surface area contributed by atoms with Crippen molar-refractivity contribution in [1.82, 2.24) is 30.9 Å². The van der Waals surface area contributed by atoms with E-state index in [0.29, 0.717) is 15.8 Å². The van der Waals surface area contributed by atoms with Crippen LogP contribution in [0.2, 0.25) is 0 Å². The molecule has 0 saturated carbocycles. The third-order valence-corrected chi connectivity index (χ3v) is 7.15. The normalized spacial score (nSPS) is 21.8. The zero-order valence-corrected chi connectivity index (χ0v) is 20.4. The van der Waals surface area contributed by atoms with Crippen LogP contribution in [0.1, 0.15) is 99.0 Å². The average Bonchev–Trinajstić information content (AvgIpc) is 3.50. The molecule has 3 atom stereocenters. The van der Waals surface area contributed by atoms with Gasteiger partial charge in [0.15, 0.2) is 5.69 Å². The number of oxazole rings is 1. The summed E-state index contributed by atoms with van der Waals surface area (Å²) in [5.41, 5.74) is 0.615. The minimum absolute atomic E-state index is 0.0329. The summed E-state index contributed by atoms with van der Waals surface area (Å²) < 4.78 is 5.65. The lowest BCUT2D eigenvalue weighted by Crippen LogP contribution is -2.32. The maximum absolute atomic E-state index is 12.9. The van der Waals surface area contributed by atoms with E-state index in [1.807, 2.05) is 13.8 Å². The highest BCUT2D eigenvalue weighted by Crippen LogP contribution is 2.27. The van der Waals surface area contributed by atoms with E-state index >= 15 is 0 Å². The molecule has 6 bridgehead atoms. The Morgan fingerprint density at radius 3 is 2.09 bits per heavy atom. The molecule has 1 aliphatic heterocycles. The maximum atomic E-state index is 12.9. The summed E-state index contributed by atoms with van der Waals surface area (Å²) in [5, 5.41) is 13.1. The zero-order chi connectivity index (χ0) is 23.9. The summed E-state index contributed by atoms with van der Waals surface area (Å²) in [6.07, 6.45) is 0. The first-order chi connectivity index (χ1) is 15.6. The second-order valence-electron chi connectivity index (χ2n) is 8.18. The van der Waals surface area contributed by atoms with Crippen molar-refractivity contribution in [3.8, 4) is 0 Å². The van der Waals surface area contributed by atoms with Crippen LogP contribution in [-0.2, 0) is 0 Å². The van der Waals surface area contributed by atoms with Gasteiger partial charge in [0, 0.05) is 10.8 Å². The van der Waals surface area contributed by atoms with Crippen molar-refractivity contribution in [1.29, 1.82) is 0 Å². The molecular formula is C21H24N6O4S2. The molecule has 0 spiro atoms. The molecule has 174 valence electrons. The monoisotopic (exact) mass is 488 g/mol. The highest BCUT2D eigenvalue weighted by atomic mass is 32.1. The van der Waals surface area contributed by atoms with Gasteiger partial charge in [0.05, 0.1) is 12.1 Å². The molecule has 33 heavy (non-hydrogen) atoms. The van der Waals surface area contributed by atoms with Gasteiger partial charge >= 0.3 is 0 Å². The lowest BCUT2D eigenvalue weighted by molar-refractivity contribution is 0.0919. The van der Waals surface area contributed by atoms with Gasteiger partial charge in [-0.2, -0.15) is 0 Å². The van der Waals surface area contributed by atoms with Crippen molar-refractivity contribution < 1.29 is 18.8 Å². The van der Waals surface area contributed by atoms with Crippen molar-refractivity contribution in [2.75, 3.05) is 0 Å². The van der Waals surface area contributed by atoms with Crippen LogP contribution in [0.25, 0.3) is 0 Å². The Morgan fingerprint density at radius 2 is 1.42 bits per heavy atom. The van der Waals surface area contributed by atoms with Crippen molar-refractivity contribution in [2.45, 2.75) is 52.7 Å². The van der Waals surface area contributed by atoms with Gasteiger partial charge in [-0.05, 0) is 26.7 Å². The Balaban J connectivity index is 1.74. The molecule has 12 heteroatoms. The largest absolute Gasteiger partial charge is 0.443 e. The second-order valence-corrected chi connectivity index (χ2v) is 9.96. The highest BCUT2D eigenvalue weighted by Gasteiger charge is 2.28. The highest BCUT2D eigenvalue weighted by molar-refractivity contribution is 7.10. The van der Waals surface area contributed by atoms with Gasteiger partial charge in [0.2, 0.25) is 5.89 Å². The minimum atomic E-state index is -0.582. The van der Waals surface area contributed by atoms with E-state index in [1.165, 1.54) is 22.7 Å². The summed E-state index contributed by atoms with van der Waals surface area (Å²) in [6, 6.07) is -1.41. The fourth-order valence-electron chi connectivity index (χ4n) is 3.33. The maximum Gasteiger partial charge on any atom is 0.274 e. The van der Waals surface area contributed by atoms with Crippen LogP contribution in [0.3, 0.4) is 0 Å². The Bertz CT molecular complexity index is 1210. The number of amides is 3. The number of carbonyl (C=O) groups excluding carboxylic acids is 3. The number of hydrogen-bond acceptors (Lipinski definition) is 9. The lowest BCUT2D eigenvalue weighted by Gasteiger charge is -2.19. The standard InChI is InChI=1S/C21H24N6O4S2/c1-8(2)14-21-25-12(7-33-21)16(28)22-9(3)19-27-15(11(5)31-19)18(30)23-10(4)20-24-13(6-32-20)17(29)26-14/h6-10,14H,1-5H3,(H,22,28)(H,23,30)(H,26,29)/t9-,10-,14-/m1/s1. The van der Waals surface area contributed by atoms with E-state index in [2.05, 4.69) is 30.9 Å². The molecule has 0 saturated heterocycles. The van der Waals surface area contributed by atoms with Gasteiger partial charge in [-0.3, -0.25) is 14.4 Å². The van der Waals surface area contributed by atoms with Gasteiger partial charge in [-0.1, -0.05) is 13.8 Å². The molecular weight excluding hydrogens is 464 g/mol. The Labute approximate surface area is 198 Å². The van der Waals surface area contributed by atoms with Crippen molar-refractivity contribution >= 4 is 40.4 Å². The van der Waals surface area contributed by atoms with Crippen molar-refractivity contribution in [3.05, 3.63) is 49.5 Å². The summed E-state index contributed by atoms with van der Waals surface area (Å²) in [7, 11) is 0. The fourth-order valence-corrected chi connectivity index (χ4v) is 5.15. The van der Waals surface area contributed by atoms with Gasteiger partial charge in [-0.25, -0.2) is 15.0 Å². The first-order valence-corrected chi connectivity index (χ1v) is 12.2. The molecule has 3 amide bonds. The molecule has 0 aromatic carbocycles. The Morgan fingerprint density at radius 1 is 0.848 bits per heavy atom. The quantitative estimate of drug-likeness (QED) is 0.477. The molecule has 0 fully saturated rings. The molecule has 4 rings (SSSR count). The lowest BCUT2D eigenvalue weighted by atomic mass is 10.1. The molecule has 0 unspecified atom stereocenters. The molecule has 3 aromatic rings. The van der Waals surface area contributed by atoms with Crippen LogP contribution >= 0.6 is 22.7 Å². The molecule has 3 N–H and O–H groups in total. The van der Waals surface area contributed by atoms with Crippen LogP contribution in [-0.4, -0.2) is 32.7 Å². The number of nitrogens with zero attached hydrogens (tertiary/aromatic N) is 3. The number of carbonyl (C=O) groups is 3. The number of nitrogens with one attached hydrogen (secondary N) is 3. The summed E-state index contributed by atoms with van der Waals surface area (Å²) >= 11 is 2.59. The van der Waals surface area contributed by atoms with Crippen LogP contribution < -0.4 is 16.0 Å². The molecule has 4 heterocycles. The summed E-state index contributed by atoms with van der Waals surface area (Å²) in [5.74, 6) is -0.588. The number of fused-ring (bicyclic) bond motifs is 6. The zero-order valence-electron chi connectivity index (χ0n) is 18.8. The van der Waals surface area contributed by atoms with E-state index in [4.69, 9.17) is 4.42 Å². The number of hydrogen-bond donors (Lipinski definition) is 3. The van der Waals surface area contributed by atoms with Gasteiger partial charge in [-0.15, -0.1) is 22.7 Å². The predicted octanol–water partition coefficient (Wildman–Crippen LogP) is 3.32. The average molecular weight is 489 g/mol. The second kappa shape index (κ2) is 9.02. The Kier molecular flexibility index (Phi) is 6.30. The summed E-state index contributed by atoms with van der Waals surface area (Å²) in [6.45, 7) is 9.06. The molecule has 1 aliphatic rings. The van der Waals surface area contributed by atoms with Crippen LogP contribution in [0, 0.1) is 12.8 Å². The smallest absolute Gasteiger partial charge is 0.274 e. The topological polar surface area (TPSA) is 139 Å². The Hall–Kier alpha value is -3.12. The first-order valence-electron chi connectivity index (χ1n) is 10.4. The third kappa shape index (κ3) is 4.67. The van der Waals surface area contributed by atoms with E-state index < -0.39 is 23.9 Å². The van der Waals surface area contributed by atoms with Crippen LogP contribution in [0.15, 0.2) is 15.2 Å². The minimum Gasteiger partial charge on any atom is -0.443 e. The van der Waals surface area contributed by atoms with Gasteiger partial charge < -0.3 is 20.4 Å². The summed E-state index contributed by atoms with van der Waals surface area (Å²) in [4.78, 5) is 51.6. The number of aromatic nitrogens is 3. The SMILES string of the molecule is Cc1oc2nc1C(=O)N[C@H](C)c1nc(cs1)C(=O)N[C@H](C(C)C)c1nc(cs1)C(=O)N[C@@H]2C. The van der Waals surface area contributed by atoms with E-state index in [9.17, 15) is 14.4 Å². The van der Waals surface area contributed by atoms with Crippen LogP contribution in [0.5, 0.6) is 0 Å². The van der Waals surface area contributed by atoms with Gasteiger partial charge in [0.1, 0.15) is 33.2 Å². The first kappa shape index (κ1) is 23.1. The van der Waals surface area contributed by atoms with Crippen LogP contribution in [0.4, 0.5) is 0 Å². The number of aryl methyl sites for hydroxylation is 1.